The molecule has 0 aliphatic heterocycles. The molecule has 2 aromatic carbocycles. The molecule has 0 fully saturated rings. The van der Waals surface area contributed by atoms with Crippen molar-refractivity contribution in [2.24, 2.45) is 0 Å². The summed E-state index contributed by atoms with van der Waals surface area (Å²) >= 11 is 0. The van der Waals surface area contributed by atoms with E-state index in [1.54, 1.807) is 6.07 Å². The molecule has 5 nitrogen and oxygen atoms in total. The zero-order valence-electron chi connectivity index (χ0n) is 10.8. The van der Waals surface area contributed by atoms with Gasteiger partial charge in [-0.2, -0.15) is 0 Å². The quantitative estimate of drug-likeness (QED) is 0.500. The number of aryl methyl sites for hydroxylation is 2. The number of para-hydroxylation sites is 1. The van der Waals surface area contributed by atoms with E-state index in [0.29, 0.717) is 11.4 Å². The minimum absolute atomic E-state index is 0.00967. The summed E-state index contributed by atoms with van der Waals surface area (Å²) in [6.45, 7) is 3.99. The van der Waals surface area contributed by atoms with Gasteiger partial charge in [0.15, 0.2) is 0 Å². The van der Waals surface area contributed by atoms with Crippen LogP contribution in [0.15, 0.2) is 36.4 Å². The molecule has 2 rings (SSSR count). The summed E-state index contributed by atoms with van der Waals surface area (Å²) in [5.74, 6) is 0. The van der Waals surface area contributed by atoms with E-state index in [1.807, 2.05) is 32.0 Å². The minimum Gasteiger partial charge on any atom is -0.397 e. The predicted molar refractivity (Wildman–Crippen MR) is 76.7 cm³/mol. The summed E-state index contributed by atoms with van der Waals surface area (Å²) in [6.07, 6.45) is 0. The summed E-state index contributed by atoms with van der Waals surface area (Å²) in [7, 11) is 0. The fourth-order valence-corrected chi connectivity index (χ4v) is 1.92. The predicted octanol–water partition coefficient (Wildman–Crippen LogP) is 3.54. The van der Waals surface area contributed by atoms with Gasteiger partial charge in [0, 0.05) is 17.8 Å². The van der Waals surface area contributed by atoms with Crippen molar-refractivity contribution in [2.75, 3.05) is 11.1 Å². The van der Waals surface area contributed by atoms with E-state index in [-0.39, 0.29) is 5.69 Å². The van der Waals surface area contributed by atoms with Gasteiger partial charge >= 0.3 is 0 Å². The summed E-state index contributed by atoms with van der Waals surface area (Å²) in [6, 6.07) is 10.4. The highest BCUT2D eigenvalue weighted by Gasteiger charge is 2.10. The molecule has 2 aromatic rings. The van der Waals surface area contributed by atoms with Crippen LogP contribution in [0.2, 0.25) is 0 Å². The fourth-order valence-electron chi connectivity index (χ4n) is 1.92. The molecule has 0 radical (unpaired) electrons. The molecule has 3 N–H and O–H groups in total. The van der Waals surface area contributed by atoms with Crippen LogP contribution in [0.3, 0.4) is 0 Å². The van der Waals surface area contributed by atoms with Crippen LogP contribution in [0.1, 0.15) is 11.1 Å². The third kappa shape index (κ3) is 2.65. The Bertz CT molecular complexity index is 618. The number of hydrogen-bond acceptors (Lipinski definition) is 4. The Morgan fingerprint density at radius 1 is 1.16 bits per heavy atom. The van der Waals surface area contributed by atoms with Gasteiger partial charge in [-0.3, -0.25) is 10.1 Å². The number of hydrogen-bond donors (Lipinski definition) is 2. The van der Waals surface area contributed by atoms with Gasteiger partial charge in [-0.25, -0.2) is 0 Å². The average Bonchev–Trinajstić information content (AvgIpc) is 2.35. The summed E-state index contributed by atoms with van der Waals surface area (Å²) in [5, 5.41) is 13.9. The Balaban J connectivity index is 2.36. The van der Waals surface area contributed by atoms with Crippen LogP contribution in [0.25, 0.3) is 0 Å². The van der Waals surface area contributed by atoms with Gasteiger partial charge in [0.1, 0.15) is 0 Å². The Morgan fingerprint density at radius 2 is 1.79 bits per heavy atom. The van der Waals surface area contributed by atoms with Crippen LogP contribution in [0, 0.1) is 24.0 Å². The maximum Gasteiger partial charge on any atom is 0.271 e. The van der Waals surface area contributed by atoms with Crippen molar-refractivity contribution in [3.05, 3.63) is 57.6 Å². The lowest BCUT2D eigenvalue weighted by atomic mass is 10.1. The molecule has 5 heteroatoms. The normalized spacial score (nSPS) is 10.2. The van der Waals surface area contributed by atoms with Crippen LogP contribution in [-0.4, -0.2) is 4.92 Å². The van der Waals surface area contributed by atoms with Gasteiger partial charge in [-0.1, -0.05) is 18.2 Å². The molecule has 19 heavy (non-hydrogen) atoms. The van der Waals surface area contributed by atoms with E-state index in [0.717, 1.165) is 16.8 Å². The maximum atomic E-state index is 10.7. The van der Waals surface area contributed by atoms with Crippen LogP contribution in [-0.2, 0) is 0 Å². The van der Waals surface area contributed by atoms with E-state index < -0.39 is 4.92 Å². The molecule has 0 aromatic heterocycles. The van der Waals surface area contributed by atoms with Crippen molar-refractivity contribution in [3.8, 4) is 0 Å². The van der Waals surface area contributed by atoms with Gasteiger partial charge in [-0.15, -0.1) is 0 Å². The molecule has 0 unspecified atom stereocenters. The van der Waals surface area contributed by atoms with Crippen LogP contribution in [0.4, 0.5) is 22.7 Å². The number of non-ortho nitro benzene ring substituents is 1. The standard InChI is InChI=1S/C14H15N3O2/c1-9-4-3-5-10(2)14(9)16-13-7-6-11(17(18)19)8-12(13)15/h3-8,16H,15H2,1-2H3. The van der Waals surface area contributed by atoms with Gasteiger partial charge in [0.25, 0.3) is 5.69 Å². The molecular formula is C14H15N3O2. The molecule has 0 saturated carbocycles. The molecule has 0 aliphatic carbocycles. The molecule has 0 spiro atoms. The average molecular weight is 257 g/mol. The highest BCUT2D eigenvalue weighted by molar-refractivity contribution is 5.77. The molecule has 0 amide bonds. The number of anilines is 3. The third-order valence-corrected chi connectivity index (χ3v) is 2.99. The SMILES string of the molecule is Cc1cccc(C)c1Nc1ccc([N+](=O)[O-])cc1N. The van der Waals surface area contributed by atoms with E-state index in [2.05, 4.69) is 5.32 Å². The van der Waals surface area contributed by atoms with Crippen molar-refractivity contribution in [2.45, 2.75) is 13.8 Å². The second-order valence-corrected chi connectivity index (χ2v) is 4.42. The van der Waals surface area contributed by atoms with Crippen molar-refractivity contribution in [3.63, 3.8) is 0 Å². The van der Waals surface area contributed by atoms with Crippen LogP contribution < -0.4 is 11.1 Å². The lowest BCUT2D eigenvalue weighted by molar-refractivity contribution is -0.384. The molecule has 0 heterocycles. The second kappa shape index (κ2) is 4.97. The third-order valence-electron chi connectivity index (χ3n) is 2.99. The van der Waals surface area contributed by atoms with Crippen molar-refractivity contribution in [1.82, 2.24) is 0 Å². The Labute approximate surface area is 111 Å². The number of nitro groups is 1. The topological polar surface area (TPSA) is 81.2 Å². The Hall–Kier alpha value is -2.56. The highest BCUT2D eigenvalue weighted by Crippen LogP contribution is 2.30. The lowest BCUT2D eigenvalue weighted by Crippen LogP contribution is -2.00. The lowest BCUT2D eigenvalue weighted by Gasteiger charge is -2.14. The number of benzene rings is 2. The summed E-state index contributed by atoms with van der Waals surface area (Å²) < 4.78 is 0. The fraction of sp³-hybridized carbons (Fsp3) is 0.143. The number of nitrogens with zero attached hydrogens (tertiary/aromatic N) is 1. The first-order chi connectivity index (χ1) is 8.99. The number of nitrogens with two attached hydrogens (primary N) is 1. The minimum atomic E-state index is -0.459. The number of nitrogens with one attached hydrogen (secondary N) is 1. The van der Waals surface area contributed by atoms with E-state index >= 15 is 0 Å². The molecule has 0 atom stereocenters. The first kappa shape index (κ1) is 12.9. The number of nitro benzene ring substituents is 1. The second-order valence-electron chi connectivity index (χ2n) is 4.42. The van der Waals surface area contributed by atoms with Crippen molar-refractivity contribution in [1.29, 1.82) is 0 Å². The number of nitrogen functional groups attached to an aromatic ring is 1. The van der Waals surface area contributed by atoms with Gasteiger partial charge < -0.3 is 11.1 Å². The van der Waals surface area contributed by atoms with Crippen molar-refractivity contribution >= 4 is 22.7 Å². The summed E-state index contributed by atoms with van der Waals surface area (Å²) in [5.41, 5.74) is 10.0. The van der Waals surface area contributed by atoms with E-state index in [1.165, 1.54) is 12.1 Å². The molecule has 0 aliphatic rings. The Morgan fingerprint density at radius 3 is 2.32 bits per heavy atom. The monoisotopic (exact) mass is 257 g/mol. The molecule has 98 valence electrons. The maximum absolute atomic E-state index is 10.7. The molecular weight excluding hydrogens is 242 g/mol. The number of rotatable bonds is 3. The molecule has 0 bridgehead atoms. The van der Waals surface area contributed by atoms with E-state index in [4.69, 9.17) is 5.73 Å². The summed E-state index contributed by atoms with van der Waals surface area (Å²) in [4.78, 5) is 10.2. The zero-order valence-corrected chi connectivity index (χ0v) is 10.8. The van der Waals surface area contributed by atoms with Gasteiger partial charge in [0.05, 0.1) is 16.3 Å². The zero-order chi connectivity index (χ0) is 14.0. The first-order valence-corrected chi connectivity index (χ1v) is 5.86. The first-order valence-electron chi connectivity index (χ1n) is 5.86. The molecule has 0 saturated heterocycles. The van der Waals surface area contributed by atoms with E-state index in [9.17, 15) is 10.1 Å². The van der Waals surface area contributed by atoms with Crippen molar-refractivity contribution < 1.29 is 4.92 Å². The van der Waals surface area contributed by atoms with Crippen LogP contribution >= 0.6 is 0 Å². The van der Waals surface area contributed by atoms with Crippen LogP contribution in [0.5, 0.6) is 0 Å². The Kier molecular flexibility index (Phi) is 3.37. The smallest absolute Gasteiger partial charge is 0.271 e. The largest absolute Gasteiger partial charge is 0.397 e. The van der Waals surface area contributed by atoms with Gasteiger partial charge in [-0.05, 0) is 31.0 Å². The van der Waals surface area contributed by atoms with Gasteiger partial charge in [0.2, 0.25) is 0 Å². The highest BCUT2D eigenvalue weighted by atomic mass is 16.6.